The lowest BCUT2D eigenvalue weighted by atomic mass is 10.00. The largest absolute Gasteiger partial charge is 0.466 e. The number of alkyl halides is 1. The molecule has 1 nitrogen and oxygen atoms in total. The zero-order valence-electron chi connectivity index (χ0n) is 11.0. The second-order valence-corrected chi connectivity index (χ2v) is 5.54. The molecule has 0 bridgehead atoms. The van der Waals surface area contributed by atoms with Crippen molar-refractivity contribution in [3.63, 3.8) is 0 Å². The summed E-state index contributed by atoms with van der Waals surface area (Å²) in [7, 11) is 0. The third-order valence-electron chi connectivity index (χ3n) is 3.35. The van der Waals surface area contributed by atoms with Gasteiger partial charge < -0.3 is 4.42 Å². The topological polar surface area (TPSA) is 13.1 Å². The lowest BCUT2D eigenvalue weighted by Crippen LogP contribution is -1.97. The van der Waals surface area contributed by atoms with E-state index in [1.54, 1.807) is 6.92 Å². The first-order valence-corrected chi connectivity index (χ1v) is 6.80. The van der Waals surface area contributed by atoms with Crippen LogP contribution in [0.25, 0.3) is 0 Å². The van der Waals surface area contributed by atoms with Gasteiger partial charge in [0.1, 0.15) is 17.3 Å². The van der Waals surface area contributed by atoms with Crippen LogP contribution in [0.2, 0.25) is 0 Å². The van der Waals surface area contributed by atoms with Crippen LogP contribution in [0.4, 0.5) is 4.39 Å². The van der Waals surface area contributed by atoms with Gasteiger partial charge in [0, 0.05) is 5.56 Å². The molecule has 0 N–H and O–H groups in total. The Morgan fingerprint density at radius 1 is 1.11 bits per heavy atom. The van der Waals surface area contributed by atoms with Crippen LogP contribution in [-0.4, -0.2) is 0 Å². The van der Waals surface area contributed by atoms with Crippen molar-refractivity contribution in [1.82, 2.24) is 0 Å². The van der Waals surface area contributed by atoms with Crippen LogP contribution < -0.4 is 0 Å². The zero-order valence-corrected chi connectivity index (χ0v) is 12.6. The quantitative estimate of drug-likeness (QED) is 0.700. The second kappa shape index (κ2) is 4.88. The summed E-state index contributed by atoms with van der Waals surface area (Å²) in [5, 5.41) is 0. The summed E-state index contributed by atoms with van der Waals surface area (Å²) in [6.45, 7) is 7.74. The Kier molecular flexibility index (Phi) is 3.62. The van der Waals surface area contributed by atoms with Crippen LogP contribution in [0.1, 0.15) is 38.6 Å². The maximum absolute atomic E-state index is 13.3. The van der Waals surface area contributed by atoms with Crippen LogP contribution in [0, 0.1) is 33.5 Å². The Labute approximate surface area is 115 Å². The SMILES string of the molecule is Cc1cc(C(Br)c2c(C)oc(C)c2C)ccc1F. The molecule has 96 valence electrons. The van der Waals surface area contributed by atoms with Crippen molar-refractivity contribution < 1.29 is 8.81 Å². The first-order valence-electron chi connectivity index (χ1n) is 5.88. The van der Waals surface area contributed by atoms with Crippen molar-refractivity contribution in [3.05, 3.63) is 57.8 Å². The first kappa shape index (κ1) is 13.3. The Morgan fingerprint density at radius 2 is 1.78 bits per heavy atom. The van der Waals surface area contributed by atoms with Gasteiger partial charge in [-0.3, -0.25) is 0 Å². The molecule has 0 aliphatic heterocycles. The molecule has 0 radical (unpaired) electrons. The molecule has 0 spiro atoms. The first-order chi connectivity index (χ1) is 8.41. The summed E-state index contributed by atoms with van der Waals surface area (Å²) >= 11 is 3.69. The van der Waals surface area contributed by atoms with Crippen molar-refractivity contribution >= 4 is 15.9 Å². The number of benzene rings is 1. The fraction of sp³-hybridized carbons (Fsp3) is 0.333. The van der Waals surface area contributed by atoms with Gasteiger partial charge in [-0.25, -0.2) is 4.39 Å². The third kappa shape index (κ3) is 2.24. The molecule has 0 aliphatic carbocycles. The highest BCUT2D eigenvalue weighted by Gasteiger charge is 2.20. The maximum atomic E-state index is 13.3. The van der Waals surface area contributed by atoms with Crippen molar-refractivity contribution in [2.45, 2.75) is 32.5 Å². The molecule has 0 amide bonds. The van der Waals surface area contributed by atoms with Gasteiger partial charge in [0.2, 0.25) is 0 Å². The van der Waals surface area contributed by atoms with E-state index in [0.717, 1.165) is 28.2 Å². The van der Waals surface area contributed by atoms with Gasteiger partial charge in [-0.2, -0.15) is 0 Å². The average molecular weight is 311 g/mol. The van der Waals surface area contributed by atoms with Gasteiger partial charge >= 0.3 is 0 Å². The van der Waals surface area contributed by atoms with Gasteiger partial charge in [-0.15, -0.1) is 0 Å². The predicted octanol–water partition coefficient (Wildman–Crippen LogP) is 5.14. The Bertz CT molecular complexity index is 586. The Hall–Kier alpha value is -1.09. The average Bonchev–Trinajstić information content (AvgIpc) is 2.56. The van der Waals surface area contributed by atoms with Gasteiger partial charge in [0.05, 0.1) is 4.83 Å². The maximum Gasteiger partial charge on any atom is 0.126 e. The van der Waals surface area contributed by atoms with E-state index in [9.17, 15) is 4.39 Å². The molecule has 1 heterocycles. The minimum Gasteiger partial charge on any atom is -0.466 e. The number of hydrogen-bond acceptors (Lipinski definition) is 1. The van der Waals surface area contributed by atoms with Crippen LogP contribution >= 0.6 is 15.9 Å². The predicted molar refractivity (Wildman–Crippen MR) is 74.8 cm³/mol. The molecule has 2 rings (SSSR count). The molecular weight excluding hydrogens is 295 g/mol. The smallest absolute Gasteiger partial charge is 0.126 e. The molecular formula is C15H16BrFO. The summed E-state index contributed by atoms with van der Waals surface area (Å²) in [5.41, 5.74) is 3.99. The van der Waals surface area contributed by atoms with Gasteiger partial charge in [-0.05, 0) is 50.5 Å². The van der Waals surface area contributed by atoms with E-state index in [0.29, 0.717) is 5.56 Å². The molecule has 1 unspecified atom stereocenters. The highest BCUT2D eigenvalue weighted by atomic mass is 79.9. The zero-order chi connectivity index (χ0) is 13.4. The number of hydrogen-bond donors (Lipinski definition) is 0. The minimum absolute atomic E-state index is 0.0363. The molecule has 1 aromatic heterocycles. The number of halogens is 2. The molecule has 0 aliphatic rings. The highest BCUT2D eigenvalue weighted by molar-refractivity contribution is 9.09. The van der Waals surface area contributed by atoms with Gasteiger partial charge in [0.15, 0.2) is 0 Å². The van der Waals surface area contributed by atoms with Crippen LogP contribution in [0.5, 0.6) is 0 Å². The molecule has 2 aromatic rings. The number of furan rings is 1. The van der Waals surface area contributed by atoms with E-state index >= 15 is 0 Å². The summed E-state index contributed by atoms with van der Waals surface area (Å²) in [6.07, 6.45) is 0. The third-order valence-corrected chi connectivity index (χ3v) is 4.33. The lowest BCUT2D eigenvalue weighted by Gasteiger charge is -2.12. The summed E-state index contributed by atoms with van der Waals surface area (Å²) in [4.78, 5) is 0.0363. The van der Waals surface area contributed by atoms with Crippen molar-refractivity contribution in [3.8, 4) is 0 Å². The number of aryl methyl sites for hydroxylation is 3. The summed E-state index contributed by atoms with van der Waals surface area (Å²) < 4.78 is 18.9. The molecule has 1 aromatic carbocycles. The van der Waals surface area contributed by atoms with Crippen LogP contribution in [0.15, 0.2) is 22.6 Å². The normalized spacial score (nSPS) is 12.8. The molecule has 0 saturated carbocycles. The summed E-state index contributed by atoms with van der Waals surface area (Å²) in [6, 6.07) is 5.19. The standard InChI is InChI=1S/C15H16BrFO/c1-8-7-12(5-6-13(8)17)15(16)14-9(2)10(3)18-11(14)4/h5-7,15H,1-4H3. The Balaban J connectivity index is 2.47. The van der Waals surface area contributed by atoms with E-state index in [1.807, 2.05) is 32.9 Å². The van der Waals surface area contributed by atoms with E-state index in [2.05, 4.69) is 15.9 Å². The molecule has 18 heavy (non-hydrogen) atoms. The molecule has 0 saturated heterocycles. The van der Waals surface area contributed by atoms with E-state index in [4.69, 9.17) is 4.42 Å². The molecule has 1 atom stereocenters. The van der Waals surface area contributed by atoms with Crippen molar-refractivity contribution in [1.29, 1.82) is 0 Å². The summed E-state index contributed by atoms with van der Waals surface area (Å²) in [5.74, 6) is 1.68. The fourth-order valence-corrected chi connectivity index (χ4v) is 3.13. The Morgan fingerprint density at radius 3 is 2.28 bits per heavy atom. The van der Waals surface area contributed by atoms with Gasteiger partial charge in [-0.1, -0.05) is 28.1 Å². The van der Waals surface area contributed by atoms with E-state index in [1.165, 1.54) is 6.07 Å². The molecule has 0 fully saturated rings. The fourth-order valence-electron chi connectivity index (χ4n) is 2.18. The van der Waals surface area contributed by atoms with E-state index in [-0.39, 0.29) is 10.6 Å². The highest BCUT2D eigenvalue weighted by Crippen LogP contribution is 2.37. The van der Waals surface area contributed by atoms with Crippen LogP contribution in [0.3, 0.4) is 0 Å². The second-order valence-electron chi connectivity index (χ2n) is 4.62. The monoisotopic (exact) mass is 310 g/mol. The lowest BCUT2D eigenvalue weighted by molar-refractivity contribution is 0.500. The van der Waals surface area contributed by atoms with Crippen molar-refractivity contribution in [2.75, 3.05) is 0 Å². The minimum atomic E-state index is -0.171. The van der Waals surface area contributed by atoms with Crippen molar-refractivity contribution in [2.24, 2.45) is 0 Å². The molecule has 3 heteroatoms. The number of rotatable bonds is 2. The van der Waals surface area contributed by atoms with Crippen LogP contribution in [-0.2, 0) is 0 Å². The van der Waals surface area contributed by atoms with E-state index < -0.39 is 0 Å². The van der Waals surface area contributed by atoms with Gasteiger partial charge in [0.25, 0.3) is 0 Å².